The van der Waals surface area contributed by atoms with Gasteiger partial charge in [-0.25, -0.2) is 4.79 Å². The van der Waals surface area contributed by atoms with E-state index in [9.17, 15) is 4.79 Å². The lowest BCUT2D eigenvalue weighted by Gasteiger charge is -2.20. The number of carbonyl (C=O) groups excluding carboxylic acids is 1. The van der Waals surface area contributed by atoms with Crippen LogP contribution >= 0.6 is 11.6 Å². The highest BCUT2D eigenvalue weighted by molar-refractivity contribution is 6.31. The van der Waals surface area contributed by atoms with Gasteiger partial charge in [0, 0.05) is 11.1 Å². The summed E-state index contributed by atoms with van der Waals surface area (Å²) < 4.78 is 15.7. The molecule has 0 fully saturated rings. The third kappa shape index (κ3) is 2.07. The van der Waals surface area contributed by atoms with Crippen LogP contribution in [0.4, 0.5) is 0 Å². The van der Waals surface area contributed by atoms with Crippen LogP contribution in [0.25, 0.3) is 0 Å². The highest BCUT2D eigenvalue weighted by atomic mass is 35.5. The lowest BCUT2D eigenvalue weighted by Crippen LogP contribution is -2.18. The molecule has 0 unspecified atom stereocenters. The molecule has 1 aliphatic heterocycles. The maximum absolute atomic E-state index is 11.7. The Morgan fingerprint density at radius 3 is 2.94 bits per heavy atom. The number of hydrogen-bond donors (Lipinski definition) is 0. The Morgan fingerprint density at radius 1 is 1.44 bits per heavy atom. The lowest BCUT2D eigenvalue weighted by molar-refractivity contribution is 0.0516. The number of benzene rings is 1. The summed E-state index contributed by atoms with van der Waals surface area (Å²) in [4.78, 5) is 11.7. The molecule has 0 amide bonds. The van der Waals surface area contributed by atoms with Crippen molar-refractivity contribution in [1.29, 1.82) is 0 Å². The molecule has 0 aliphatic carbocycles. The zero-order valence-corrected chi connectivity index (χ0v) is 9.54. The number of rotatable bonds is 2. The van der Waals surface area contributed by atoms with Gasteiger partial charge in [0.1, 0.15) is 18.8 Å². The van der Waals surface area contributed by atoms with Gasteiger partial charge in [-0.3, -0.25) is 0 Å². The van der Waals surface area contributed by atoms with Crippen LogP contribution in [0.5, 0.6) is 11.5 Å². The fraction of sp³-hybridized carbons (Fsp3) is 0.364. The van der Waals surface area contributed by atoms with Crippen LogP contribution in [0.2, 0.25) is 5.02 Å². The summed E-state index contributed by atoms with van der Waals surface area (Å²) in [6.45, 7) is 2.92. The van der Waals surface area contributed by atoms with Crippen molar-refractivity contribution < 1.29 is 19.0 Å². The molecular formula is C11H11ClO4. The van der Waals surface area contributed by atoms with Gasteiger partial charge in [-0.05, 0) is 13.0 Å². The van der Waals surface area contributed by atoms with Crippen molar-refractivity contribution in [1.82, 2.24) is 0 Å². The molecular weight excluding hydrogens is 232 g/mol. The molecule has 0 bridgehead atoms. The predicted octanol–water partition coefficient (Wildman–Crippen LogP) is 2.29. The average Bonchev–Trinajstić information content (AvgIpc) is 2.28. The van der Waals surface area contributed by atoms with Crippen molar-refractivity contribution in [3.8, 4) is 11.5 Å². The molecule has 1 aromatic rings. The topological polar surface area (TPSA) is 44.8 Å². The van der Waals surface area contributed by atoms with E-state index >= 15 is 0 Å². The maximum atomic E-state index is 11.7. The predicted molar refractivity (Wildman–Crippen MR) is 58.4 cm³/mol. The van der Waals surface area contributed by atoms with Crippen molar-refractivity contribution >= 4 is 17.6 Å². The molecule has 0 N–H and O–H groups in total. The number of hydrogen-bond acceptors (Lipinski definition) is 4. The van der Waals surface area contributed by atoms with Gasteiger partial charge in [-0.15, -0.1) is 0 Å². The molecule has 0 saturated heterocycles. The molecule has 5 heteroatoms. The molecule has 16 heavy (non-hydrogen) atoms. The third-order valence-electron chi connectivity index (χ3n) is 2.10. The summed E-state index contributed by atoms with van der Waals surface area (Å²) in [5, 5.41) is 0.423. The van der Waals surface area contributed by atoms with E-state index in [1.54, 1.807) is 13.0 Å². The molecule has 86 valence electrons. The average molecular weight is 243 g/mol. The van der Waals surface area contributed by atoms with E-state index in [0.29, 0.717) is 41.9 Å². The molecule has 1 aliphatic rings. The van der Waals surface area contributed by atoms with E-state index in [0.717, 1.165) is 0 Å². The van der Waals surface area contributed by atoms with Crippen molar-refractivity contribution in [2.24, 2.45) is 0 Å². The Morgan fingerprint density at radius 2 is 2.19 bits per heavy atom. The van der Waals surface area contributed by atoms with Gasteiger partial charge in [0.15, 0.2) is 11.5 Å². The Balaban J connectivity index is 2.43. The first-order valence-corrected chi connectivity index (χ1v) is 5.36. The largest absolute Gasteiger partial charge is 0.486 e. The van der Waals surface area contributed by atoms with Gasteiger partial charge in [-0.1, -0.05) is 11.6 Å². The van der Waals surface area contributed by atoms with Gasteiger partial charge < -0.3 is 14.2 Å². The Labute approximate surface area is 98.1 Å². The first-order chi connectivity index (χ1) is 7.72. The maximum Gasteiger partial charge on any atom is 0.342 e. The second-order valence-corrected chi connectivity index (χ2v) is 3.63. The highest BCUT2D eigenvalue weighted by Crippen LogP contribution is 2.37. The van der Waals surface area contributed by atoms with Gasteiger partial charge in [0.05, 0.1) is 6.61 Å². The van der Waals surface area contributed by atoms with E-state index in [1.807, 2.05) is 0 Å². The smallest absolute Gasteiger partial charge is 0.342 e. The van der Waals surface area contributed by atoms with E-state index in [2.05, 4.69) is 0 Å². The van der Waals surface area contributed by atoms with Crippen LogP contribution in [-0.2, 0) is 4.74 Å². The quantitative estimate of drug-likeness (QED) is 0.747. The molecule has 1 heterocycles. The zero-order valence-electron chi connectivity index (χ0n) is 8.79. The van der Waals surface area contributed by atoms with Crippen LogP contribution in [0, 0.1) is 0 Å². The van der Waals surface area contributed by atoms with Crippen LogP contribution in [0.1, 0.15) is 17.3 Å². The van der Waals surface area contributed by atoms with Crippen LogP contribution in [-0.4, -0.2) is 25.8 Å². The van der Waals surface area contributed by atoms with Gasteiger partial charge in [-0.2, -0.15) is 0 Å². The Kier molecular flexibility index (Phi) is 3.19. The molecule has 0 aromatic heterocycles. The van der Waals surface area contributed by atoms with Crippen molar-refractivity contribution in [2.75, 3.05) is 19.8 Å². The molecule has 0 saturated carbocycles. The Bertz CT molecular complexity index is 417. The van der Waals surface area contributed by atoms with E-state index < -0.39 is 5.97 Å². The number of esters is 1. The fourth-order valence-corrected chi connectivity index (χ4v) is 1.69. The first kappa shape index (κ1) is 11.1. The normalized spacial score (nSPS) is 13.4. The number of fused-ring (bicyclic) bond motifs is 1. The molecule has 2 rings (SSSR count). The van der Waals surface area contributed by atoms with Crippen LogP contribution in [0.3, 0.4) is 0 Å². The van der Waals surface area contributed by atoms with E-state index in [4.69, 9.17) is 25.8 Å². The second kappa shape index (κ2) is 4.61. The van der Waals surface area contributed by atoms with Crippen LogP contribution < -0.4 is 9.47 Å². The van der Waals surface area contributed by atoms with E-state index in [-0.39, 0.29) is 0 Å². The summed E-state index contributed by atoms with van der Waals surface area (Å²) in [5.74, 6) is 0.447. The summed E-state index contributed by atoms with van der Waals surface area (Å²) in [6.07, 6.45) is 0. The zero-order chi connectivity index (χ0) is 11.5. The molecule has 4 nitrogen and oxygen atoms in total. The molecule has 1 aromatic carbocycles. The van der Waals surface area contributed by atoms with Crippen molar-refractivity contribution in [3.63, 3.8) is 0 Å². The fourth-order valence-electron chi connectivity index (χ4n) is 1.48. The SMILES string of the molecule is CCOC(=O)c1cc(Cl)cc2c1OCCO2. The number of halogens is 1. The monoisotopic (exact) mass is 242 g/mol. The number of ether oxygens (including phenoxy) is 3. The standard InChI is InChI=1S/C11H11ClO4/c1-2-14-11(13)8-5-7(12)6-9-10(8)16-4-3-15-9/h5-6H,2-4H2,1H3. The third-order valence-corrected chi connectivity index (χ3v) is 2.32. The second-order valence-electron chi connectivity index (χ2n) is 3.20. The molecule has 0 spiro atoms. The van der Waals surface area contributed by atoms with Crippen molar-refractivity contribution in [2.45, 2.75) is 6.92 Å². The lowest BCUT2D eigenvalue weighted by atomic mass is 10.2. The molecule has 0 atom stereocenters. The van der Waals surface area contributed by atoms with Gasteiger partial charge >= 0.3 is 5.97 Å². The van der Waals surface area contributed by atoms with Crippen molar-refractivity contribution in [3.05, 3.63) is 22.7 Å². The summed E-state index contributed by atoms with van der Waals surface area (Å²) in [7, 11) is 0. The minimum Gasteiger partial charge on any atom is -0.486 e. The highest BCUT2D eigenvalue weighted by Gasteiger charge is 2.22. The minimum atomic E-state index is -0.452. The number of carbonyl (C=O) groups is 1. The summed E-state index contributed by atoms with van der Waals surface area (Å²) in [6, 6.07) is 3.14. The summed E-state index contributed by atoms with van der Waals surface area (Å²) >= 11 is 5.88. The van der Waals surface area contributed by atoms with E-state index in [1.165, 1.54) is 6.07 Å². The van der Waals surface area contributed by atoms with Gasteiger partial charge in [0.2, 0.25) is 0 Å². The van der Waals surface area contributed by atoms with Gasteiger partial charge in [0.25, 0.3) is 0 Å². The van der Waals surface area contributed by atoms with Crippen LogP contribution in [0.15, 0.2) is 12.1 Å². The minimum absolute atomic E-state index is 0.307. The Hall–Kier alpha value is -1.42. The summed E-state index contributed by atoms with van der Waals surface area (Å²) in [5.41, 5.74) is 0.309. The molecule has 0 radical (unpaired) electrons. The first-order valence-electron chi connectivity index (χ1n) is 4.98.